The van der Waals surface area contributed by atoms with E-state index in [2.05, 4.69) is 16.5 Å². The van der Waals surface area contributed by atoms with Gasteiger partial charge in [-0.1, -0.05) is 18.7 Å². The molecule has 4 nitrogen and oxygen atoms in total. The van der Waals surface area contributed by atoms with Gasteiger partial charge in [-0.25, -0.2) is 9.78 Å². The number of hydrogen-bond donors (Lipinski definition) is 1. The molecule has 0 unspecified atom stereocenters. The van der Waals surface area contributed by atoms with Crippen molar-refractivity contribution in [2.45, 2.75) is 0 Å². The Balaban J connectivity index is 1.90. The van der Waals surface area contributed by atoms with Gasteiger partial charge in [-0.2, -0.15) is 0 Å². The van der Waals surface area contributed by atoms with E-state index in [0.717, 1.165) is 28.5 Å². The normalized spacial score (nSPS) is 10.4. The maximum atomic E-state index is 11.1. The number of hydrogen-bond acceptors (Lipinski definition) is 3. The van der Waals surface area contributed by atoms with Crippen LogP contribution in [0.4, 0.5) is 0 Å². The molecule has 0 aliphatic rings. The van der Waals surface area contributed by atoms with E-state index in [9.17, 15) is 4.79 Å². The molecule has 0 fully saturated rings. The van der Waals surface area contributed by atoms with E-state index in [1.165, 1.54) is 0 Å². The Kier molecular flexibility index (Phi) is 3.05. The molecule has 0 atom stereocenters. The number of aromatic amines is 1. The smallest absolute Gasteiger partial charge is 0.335 e. The van der Waals surface area contributed by atoms with Crippen molar-refractivity contribution in [3.05, 3.63) is 61.2 Å². The molecular formula is C16H12N2O2. The standard InChI is InChI=1S/C16H12N2O2/c1-2-15(19)20-12-9-7-11(8-10-12)16-17-13-5-3-4-6-14(13)18-16/h2-10H,1H2,(H,17,18). The quantitative estimate of drug-likeness (QED) is 0.448. The summed E-state index contributed by atoms with van der Waals surface area (Å²) in [5.74, 6) is 0.795. The molecule has 2 aromatic carbocycles. The predicted molar refractivity (Wildman–Crippen MR) is 77.4 cm³/mol. The van der Waals surface area contributed by atoms with Crippen molar-refractivity contribution in [1.82, 2.24) is 9.97 Å². The second-order valence-electron chi connectivity index (χ2n) is 4.25. The van der Waals surface area contributed by atoms with Gasteiger partial charge in [0.1, 0.15) is 11.6 Å². The molecule has 3 aromatic rings. The molecule has 1 aromatic heterocycles. The zero-order chi connectivity index (χ0) is 13.9. The van der Waals surface area contributed by atoms with Crippen molar-refractivity contribution in [1.29, 1.82) is 0 Å². The van der Waals surface area contributed by atoms with Crippen LogP contribution in [-0.4, -0.2) is 15.9 Å². The van der Waals surface area contributed by atoms with E-state index < -0.39 is 5.97 Å². The second-order valence-corrected chi connectivity index (χ2v) is 4.25. The maximum Gasteiger partial charge on any atom is 0.335 e. The molecule has 0 bridgehead atoms. The number of H-pyrrole nitrogens is 1. The molecule has 3 rings (SSSR count). The first-order valence-electron chi connectivity index (χ1n) is 6.16. The van der Waals surface area contributed by atoms with Crippen LogP contribution in [0.5, 0.6) is 5.75 Å². The van der Waals surface area contributed by atoms with Crippen LogP contribution in [0.3, 0.4) is 0 Å². The van der Waals surface area contributed by atoms with Gasteiger partial charge in [-0.3, -0.25) is 0 Å². The Hall–Kier alpha value is -2.88. The first-order chi connectivity index (χ1) is 9.76. The molecule has 1 heterocycles. The first-order valence-corrected chi connectivity index (χ1v) is 6.16. The molecule has 0 saturated carbocycles. The average molecular weight is 264 g/mol. The minimum Gasteiger partial charge on any atom is -0.423 e. The van der Waals surface area contributed by atoms with Crippen LogP contribution in [0.2, 0.25) is 0 Å². The van der Waals surface area contributed by atoms with Gasteiger partial charge in [0.25, 0.3) is 0 Å². The summed E-state index contributed by atoms with van der Waals surface area (Å²) in [6.07, 6.45) is 1.13. The highest BCUT2D eigenvalue weighted by molar-refractivity contribution is 5.83. The summed E-state index contributed by atoms with van der Waals surface area (Å²) in [4.78, 5) is 18.9. The number of esters is 1. The van der Waals surface area contributed by atoms with Crippen molar-refractivity contribution in [3.63, 3.8) is 0 Å². The number of imidazole rings is 1. The number of para-hydroxylation sites is 2. The van der Waals surface area contributed by atoms with Gasteiger partial charge in [0.15, 0.2) is 0 Å². The van der Waals surface area contributed by atoms with Gasteiger partial charge >= 0.3 is 5.97 Å². The van der Waals surface area contributed by atoms with Crippen LogP contribution in [0.15, 0.2) is 61.2 Å². The van der Waals surface area contributed by atoms with Crippen LogP contribution >= 0.6 is 0 Å². The third kappa shape index (κ3) is 2.31. The second kappa shape index (κ2) is 5.01. The molecule has 20 heavy (non-hydrogen) atoms. The fraction of sp³-hybridized carbons (Fsp3) is 0. The highest BCUT2D eigenvalue weighted by Crippen LogP contribution is 2.22. The van der Waals surface area contributed by atoms with E-state index in [0.29, 0.717) is 5.75 Å². The van der Waals surface area contributed by atoms with Crippen molar-refractivity contribution in [2.24, 2.45) is 0 Å². The third-order valence-corrected chi connectivity index (χ3v) is 2.90. The number of nitrogens with one attached hydrogen (secondary N) is 1. The minimum atomic E-state index is -0.471. The van der Waals surface area contributed by atoms with E-state index in [-0.39, 0.29) is 0 Å². The molecular weight excluding hydrogens is 252 g/mol. The summed E-state index contributed by atoms with van der Waals surface area (Å²) in [7, 11) is 0. The van der Waals surface area contributed by atoms with Gasteiger partial charge in [0.2, 0.25) is 0 Å². The molecule has 0 radical (unpaired) electrons. The van der Waals surface area contributed by atoms with Crippen molar-refractivity contribution in [3.8, 4) is 17.1 Å². The zero-order valence-corrected chi connectivity index (χ0v) is 10.7. The molecule has 0 amide bonds. The number of nitrogens with zero attached hydrogens (tertiary/aromatic N) is 1. The Morgan fingerprint density at radius 2 is 1.90 bits per heavy atom. The van der Waals surface area contributed by atoms with Gasteiger partial charge in [-0.15, -0.1) is 0 Å². The Morgan fingerprint density at radius 1 is 1.15 bits per heavy atom. The van der Waals surface area contributed by atoms with Gasteiger partial charge in [-0.05, 0) is 36.4 Å². The summed E-state index contributed by atoms with van der Waals surface area (Å²) in [5.41, 5.74) is 2.84. The molecule has 4 heteroatoms. The fourth-order valence-corrected chi connectivity index (χ4v) is 1.93. The van der Waals surface area contributed by atoms with E-state index >= 15 is 0 Å². The zero-order valence-electron chi connectivity index (χ0n) is 10.7. The van der Waals surface area contributed by atoms with Crippen molar-refractivity contribution >= 4 is 17.0 Å². The lowest BCUT2D eigenvalue weighted by Crippen LogP contribution is -2.02. The van der Waals surface area contributed by atoms with Crippen LogP contribution in [0, 0.1) is 0 Å². The topological polar surface area (TPSA) is 55.0 Å². The number of fused-ring (bicyclic) bond motifs is 1. The SMILES string of the molecule is C=CC(=O)Oc1ccc(-c2nc3ccccc3[nH]2)cc1. The van der Waals surface area contributed by atoms with Gasteiger partial charge in [0, 0.05) is 11.6 Å². The lowest BCUT2D eigenvalue weighted by Gasteiger charge is -2.02. The molecule has 1 N–H and O–H groups in total. The van der Waals surface area contributed by atoms with Crippen LogP contribution in [0.25, 0.3) is 22.4 Å². The molecule has 0 aliphatic heterocycles. The lowest BCUT2D eigenvalue weighted by atomic mass is 10.2. The minimum absolute atomic E-state index is 0.471. The highest BCUT2D eigenvalue weighted by atomic mass is 16.5. The van der Waals surface area contributed by atoms with E-state index in [4.69, 9.17) is 4.74 Å². The van der Waals surface area contributed by atoms with Crippen LogP contribution in [-0.2, 0) is 4.79 Å². The third-order valence-electron chi connectivity index (χ3n) is 2.90. The molecule has 98 valence electrons. The highest BCUT2D eigenvalue weighted by Gasteiger charge is 2.05. The molecule has 0 aliphatic carbocycles. The average Bonchev–Trinajstić information content (AvgIpc) is 2.91. The predicted octanol–water partition coefficient (Wildman–Crippen LogP) is 3.32. The summed E-state index contributed by atoms with van der Waals surface area (Å²) < 4.78 is 5.03. The van der Waals surface area contributed by atoms with E-state index in [1.54, 1.807) is 12.1 Å². The Labute approximate surface area is 115 Å². The number of rotatable bonds is 3. The van der Waals surface area contributed by atoms with Crippen LogP contribution < -0.4 is 4.74 Å². The maximum absolute atomic E-state index is 11.1. The molecule has 0 saturated heterocycles. The Bertz CT molecular complexity index is 740. The Morgan fingerprint density at radius 3 is 2.60 bits per heavy atom. The largest absolute Gasteiger partial charge is 0.423 e. The van der Waals surface area contributed by atoms with Crippen molar-refractivity contribution in [2.75, 3.05) is 0 Å². The summed E-state index contributed by atoms with van der Waals surface area (Å²) in [5, 5.41) is 0. The number of benzene rings is 2. The summed E-state index contributed by atoms with van der Waals surface area (Å²) in [6, 6.07) is 15.0. The summed E-state index contributed by atoms with van der Waals surface area (Å²) in [6.45, 7) is 3.36. The van der Waals surface area contributed by atoms with Gasteiger partial charge < -0.3 is 9.72 Å². The molecule has 0 spiro atoms. The monoisotopic (exact) mass is 264 g/mol. The number of aromatic nitrogens is 2. The number of carbonyl (C=O) groups excluding carboxylic acids is 1. The number of carbonyl (C=O) groups is 1. The lowest BCUT2D eigenvalue weighted by molar-refractivity contribution is -0.128. The van der Waals surface area contributed by atoms with Gasteiger partial charge in [0.05, 0.1) is 11.0 Å². The summed E-state index contributed by atoms with van der Waals surface area (Å²) >= 11 is 0. The first kappa shape index (κ1) is 12.2. The van der Waals surface area contributed by atoms with Crippen LogP contribution in [0.1, 0.15) is 0 Å². The van der Waals surface area contributed by atoms with E-state index in [1.807, 2.05) is 36.4 Å². The number of ether oxygens (including phenoxy) is 1. The fourth-order valence-electron chi connectivity index (χ4n) is 1.93. The van der Waals surface area contributed by atoms with Crippen molar-refractivity contribution < 1.29 is 9.53 Å².